The summed E-state index contributed by atoms with van der Waals surface area (Å²) in [4.78, 5) is 2.38. The molecule has 0 N–H and O–H groups in total. The number of fused-ring (bicyclic) bond motifs is 3. The smallest absolute Gasteiger partial charge is 0.0719 e. The van der Waals surface area contributed by atoms with Crippen LogP contribution in [0.3, 0.4) is 0 Å². The van der Waals surface area contributed by atoms with Crippen LogP contribution in [-0.4, -0.2) is 0 Å². The molecule has 0 fully saturated rings. The molecule has 0 aliphatic heterocycles. The van der Waals surface area contributed by atoms with Gasteiger partial charge in [-0.05, 0) is 86.0 Å². The molecule has 1 aliphatic carbocycles. The van der Waals surface area contributed by atoms with Crippen LogP contribution in [0.5, 0.6) is 0 Å². The Kier molecular flexibility index (Phi) is 9.38. The van der Waals surface area contributed by atoms with Gasteiger partial charge in [0.2, 0.25) is 0 Å². The van der Waals surface area contributed by atoms with Crippen LogP contribution < -0.4 is 4.90 Å². The molecule has 276 valence electrons. The third-order valence-corrected chi connectivity index (χ3v) is 12.1. The number of anilines is 3. The van der Waals surface area contributed by atoms with Gasteiger partial charge in [-0.1, -0.05) is 222 Å². The maximum absolute atomic E-state index is 6.91. The van der Waals surface area contributed by atoms with Crippen LogP contribution >= 0.6 is 27.5 Å². The van der Waals surface area contributed by atoms with Crippen molar-refractivity contribution in [2.24, 2.45) is 0 Å². The number of halogens is 2. The molecule has 0 unspecified atom stereocenters. The summed E-state index contributed by atoms with van der Waals surface area (Å²) >= 11 is 10.7. The van der Waals surface area contributed by atoms with Crippen molar-refractivity contribution >= 4 is 44.6 Å². The molecular formula is C55H37BrClN. The quantitative estimate of drug-likeness (QED) is 0.147. The van der Waals surface area contributed by atoms with Crippen LogP contribution in [0, 0.1) is 0 Å². The van der Waals surface area contributed by atoms with Crippen molar-refractivity contribution in [3.8, 4) is 44.5 Å². The lowest BCUT2D eigenvalue weighted by Gasteiger charge is -2.35. The molecule has 9 aromatic carbocycles. The zero-order valence-corrected chi connectivity index (χ0v) is 33.9. The third-order valence-electron chi connectivity index (χ3n) is 11.4. The number of hydrogen-bond donors (Lipinski definition) is 0. The molecule has 0 amide bonds. The van der Waals surface area contributed by atoms with Gasteiger partial charge in [0.1, 0.15) is 0 Å². The Balaban J connectivity index is 1.27. The second-order valence-corrected chi connectivity index (χ2v) is 16.1. The van der Waals surface area contributed by atoms with Gasteiger partial charge in [0, 0.05) is 32.0 Å². The molecule has 1 nitrogen and oxygen atoms in total. The predicted octanol–water partition coefficient (Wildman–Crippen LogP) is 15.9. The van der Waals surface area contributed by atoms with Crippen molar-refractivity contribution < 1.29 is 0 Å². The van der Waals surface area contributed by atoms with Crippen molar-refractivity contribution in [3.05, 3.63) is 256 Å². The topological polar surface area (TPSA) is 3.24 Å². The Morgan fingerprint density at radius 2 is 0.862 bits per heavy atom. The van der Waals surface area contributed by atoms with Crippen molar-refractivity contribution in [2.45, 2.75) is 5.41 Å². The van der Waals surface area contributed by atoms with E-state index in [-0.39, 0.29) is 0 Å². The summed E-state index contributed by atoms with van der Waals surface area (Å²) in [5.74, 6) is 0. The molecule has 3 heteroatoms. The van der Waals surface area contributed by atoms with Gasteiger partial charge < -0.3 is 4.90 Å². The molecule has 0 saturated heterocycles. The first-order chi connectivity index (χ1) is 28.6. The van der Waals surface area contributed by atoms with Crippen molar-refractivity contribution in [1.29, 1.82) is 0 Å². The molecule has 0 radical (unpaired) electrons. The fourth-order valence-corrected chi connectivity index (χ4v) is 9.96. The van der Waals surface area contributed by atoms with Gasteiger partial charge in [-0.2, -0.15) is 0 Å². The van der Waals surface area contributed by atoms with Crippen LogP contribution in [0.4, 0.5) is 17.1 Å². The van der Waals surface area contributed by atoms with Gasteiger partial charge >= 0.3 is 0 Å². The number of rotatable bonds is 8. The molecule has 9 aromatic rings. The number of para-hydroxylation sites is 1. The molecule has 0 atom stereocenters. The molecule has 10 rings (SSSR count). The van der Waals surface area contributed by atoms with Gasteiger partial charge in [0.25, 0.3) is 0 Å². The summed E-state index contributed by atoms with van der Waals surface area (Å²) < 4.78 is 0.906. The number of benzene rings is 9. The SMILES string of the molecule is Clc1cc(Br)cc(N(c2cccc(-c3cccc4c3C(c3ccccc3)(c3ccccc3)c3ccccc3-4)c2)c2c(-c3ccccc3)cccc2-c2ccccc2)c1. The first-order valence-electron chi connectivity index (χ1n) is 19.6. The lowest BCUT2D eigenvalue weighted by molar-refractivity contribution is 0.770. The van der Waals surface area contributed by atoms with Crippen molar-refractivity contribution in [1.82, 2.24) is 0 Å². The van der Waals surface area contributed by atoms with Crippen LogP contribution in [0.1, 0.15) is 22.3 Å². The van der Waals surface area contributed by atoms with Gasteiger partial charge in [-0.3, -0.25) is 0 Å². The first kappa shape index (κ1) is 35.9. The monoisotopic (exact) mass is 825 g/mol. The summed E-state index contributed by atoms with van der Waals surface area (Å²) in [6.45, 7) is 0. The Labute approximate surface area is 353 Å². The highest BCUT2D eigenvalue weighted by Crippen LogP contribution is 2.59. The average molecular weight is 827 g/mol. The minimum atomic E-state index is -0.543. The summed E-state index contributed by atoms with van der Waals surface area (Å²) in [5.41, 5.74) is 16.9. The lowest BCUT2D eigenvalue weighted by Crippen LogP contribution is -2.29. The largest absolute Gasteiger partial charge is 0.309 e. The van der Waals surface area contributed by atoms with E-state index in [4.69, 9.17) is 11.6 Å². The van der Waals surface area contributed by atoms with Gasteiger partial charge in [-0.15, -0.1) is 0 Å². The number of nitrogens with zero attached hydrogens (tertiary/aromatic N) is 1. The Morgan fingerprint density at radius 1 is 0.379 bits per heavy atom. The first-order valence-corrected chi connectivity index (χ1v) is 20.7. The van der Waals surface area contributed by atoms with E-state index in [1.165, 1.54) is 38.9 Å². The average Bonchev–Trinajstić information content (AvgIpc) is 3.59. The van der Waals surface area contributed by atoms with Gasteiger partial charge in [0.15, 0.2) is 0 Å². The zero-order valence-electron chi connectivity index (χ0n) is 31.6. The highest BCUT2D eigenvalue weighted by atomic mass is 79.9. The molecule has 1 aliphatic rings. The third kappa shape index (κ3) is 6.08. The fourth-order valence-electron chi connectivity index (χ4n) is 9.12. The highest BCUT2D eigenvalue weighted by Gasteiger charge is 2.47. The maximum atomic E-state index is 6.91. The highest BCUT2D eigenvalue weighted by molar-refractivity contribution is 9.10. The minimum Gasteiger partial charge on any atom is -0.309 e. The summed E-state index contributed by atoms with van der Waals surface area (Å²) in [6.07, 6.45) is 0. The molecule has 0 heterocycles. The van der Waals surface area contributed by atoms with Crippen molar-refractivity contribution in [3.63, 3.8) is 0 Å². The normalized spacial score (nSPS) is 12.4. The molecule has 0 spiro atoms. The van der Waals surface area contributed by atoms with E-state index in [0.717, 1.165) is 49.4 Å². The standard InChI is InChI=1S/C55H37BrClN/c56-43-35-44(57)37-46(36-43)58(54-48(38-18-5-1-6-19-38)30-17-31-49(54)39-20-7-2-8-21-39)45-27-15-22-40(34-45)47-29-16-32-51-50-28-13-14-33-52(50)55(53(47)51,41-23-9-3-10-24-41)42-25-11-4-12-26-42/h1-37H. The molecular weight excluding hydrogens is 790 g/mol. The van der Waals surface area contributed by atoms with E-state index in [1.807, 2.05) is 6.07 Å². The van der Waals surface area contributed by atoms with Crippen LogP contribution in [0.15, 0.2) is 229 Å². The maximum Gasteiger partial charge on any atom is 0.0719 e. The van der Waals surface area contributed by atoms with E-state index < -0.39 is 5.41 Å². The Bertz CT molecular complexity index is 2790. The number of hydrogen-bond acceptors (Lipinski definition) is 1. The molecule has 0 bridgehead atoms. The molecule has 0 saturated carbocycles. The van der Waals surface area contributed by atoms with Gasteiger partial charge in [0.05, 0.1) is 11.1 Å². The van der Waals surface area contributed by atoms with Crippen LogP contribution in [-0.2, 0) is 5.41 Å². The van der Waals surface area contributed by atoms with E-state index >= 15 is 0 Å². The van der Waals surface area contributed by atoms with E-state index in [1.54, 1.807) is 0 Å². The summed E-state index contributed by atoms with van der Waals surface area (Å²) in [5, 5.41) is 0.651. The second-order valence-electron chi connectivity index (χ2n) is 14.7. The summed E-state index contributed by atoms with van der Waals surface area (Å²) in [6, 6.07) is 80.9. The van der Waals surface area contributed by atoms with E-state index in [9.17, 15) is 0 Å². The van der Waals surface area contributed by atoms with E-state index in [2.05, 4.69) is 239 Å². The van der Waals surface area contributed by atoms with Crippen LogP contribution in [0.25, 0.3) is 44.5 Å². The minimum absolute atomic E-state index is 0.543. The van der Waals surface area contributed by atoms with E-state index in [0.29, 0.717) is 5.02 Å². The van der Waals surface area contributed by atoms with Crippen LogP contribution in [0.2, 0.25) is 5.02 Å². The zero-order chi connectivity index (χ0) is 39.1. The van der Waals surface area contributed by atoms with Gasteiger partial charge in [-0.25, -0.2) is 0 Å². The fraction of sp³-hybridized carbons (Fsp3) is 0.0182. The second kappa shape index (κ2) is 15.1. The Morgan fingerprint density at radius 3 is 1.47 bits per heavy atom. The lowest BCUT2D eigenvalue weighted by atomic mass is 9.66. The predicted molar refractivity (Wildman–Crippen MR) is 247 cm³/mol. The Hall–Kier alpha value is -6.45. The molecule has 58 heavy (non-hydrogen) atoms. The molecule has 0 aromatic heterocycles. The summed E-state index contributed by atoms with van der Waals surface area (Å²) in [7, 11) is 0. The van der Waals surface area contributed by atoms with Crippen molar-refractivity contribution in [2.75, 3.05) is 4.90 Å².